The van der Waals surface area contributed by atoms with Crippen molar-refractivity contribution >= 4 is 6.29 Å². The molecule has 2 N–H and O–H groups in total. The normalized spacial score (nSPS) is 56.2. The molecule has 182 valence electrons. The zero-order chi connectivity index (χ0) is 23.3. The van der Waals surface area contributed by atoms with E-state index in [2.05, 4.69) is 41.5 Å². The summed E-state index contributed by atoms with van der Waals surface area (Å²) in [6, 6.07) is 0. The van der Waals surface area contributed by atoms with Gasteiger partial charge in [-0.1, -0.05) is 41.5 Å². The molecule has 10 atom stereocenters. The number of carbonyl (C=O) groups is 1. The number of hydrogen-bond acceptors (Lipinski definition) is 3. The van der Waals surface area contributed by atoms with Gasteiger partial charge in [-0.15, -0.1) is 0 Å². The quantitative estimate of drug-likeness (QED) is 0.487. The molecule has 5 saturated carbocycles. The first-order valence-electron chi connectivity index (χ1n) is 13.6. The van der Waals surface area contributed by atoms with Gasteiger partial charge in [-0.05, 0) is 115 Å². The zero-order valence-electron chi connectivity index (χ0n) is 21.5. The van der Waals surface area contributed by atoms with E-state index >= 15 is 0 Å². The topological polar surface area (TPSA) is 57.5 Å². The van der Waals surface area contributed by atoms with Crippen LogP contribution in [0.25, 0.3) is 0 Å². The number of aldehydes is 1. The van der Waals surface area contributed by atoms with Crippen molar-refractivity contribution in [3.8, 4) is 0 Å². The number of hydrogen-bond donors (Lipinski definition) is 2. The van der Waals surface area contributed by atoms with Gasteiger partial charge in [0.15, 0.2) is 0 Å². The summed E-state index contributed by atoms with van der Waals surface area (Å²) in [4.78, 5) is 12.5. The number of rotatable bonds is 1. The van der Waals surface area contributed by atoms with Crippen LogP contribution in [0, 0.1) is 56.7 Å². The highest BCUT2D eigenvalue weighted by Gasteiger charge is 2.68. The molecular weight excluding hydrogens is 396 g/mol. The molecule has 0 aromatic heterocycles. The van der Waals surface area contributed by atoms with Crippen molar-refractivity contribution in [3.63, 3.8) is 0 Å². The van der Waals surface area contributed by atoms with Gasteiger partial charge >= 0.3 is 0 Å². The van der Waals surface area contributed by atoms with Crippen molar-refractivity contribution < 1.29 is 15.0 Å². The standard InChI is InChI=1S/C29H48O3/c1-25(2)13-14-29(17-30)12-7-18-24(19(29)16-25)20(31)15-22-27(18,5)10-8-21-26(3,4)23(32)9-11-28(21,22)6/h17-24,31-32H,7-16H2,1-6H3/t18?,19?,20-,21+,22+,23+,24?,27+,28+,29+/m1/s1. The van der Waals surface area contributed by atoms with Crippen LogP contribution >= 0.6 is 0 Å². The van der Waals surface area contributed by atoms with Gasteiger partial charge in [-0.3, -0.25) is 0 Å². The molecule has 3 heteroatoms. The number of aliphatic hydroxyl groups excluding tert-OH is 2. The first-order valence-corrected chi connectivity index (χ1v) is 13.6. The molecule has 5 rings (SSSR count). The Balaban J connectivity index is 1.53. The van der Waals surface area contributed by atoms with Crippen LogP contribution in [-0.2, 0) is 4.79 Å². The Hall–Kier alpha value is -0.410. The molecule has 0 aromatic carbocycles. The molecule has 0 aromatic rings. The van der Waals surface area contributed by atoms with E-state index in [4.69, 9.17) is 0 Å². The maximum Gasteiger partial charge on any atom is 0.126 e. The molecule has 3 unspecified atom stereocenters. The van der Waals surface area contributed by atoms with Crippen LogP contribution in [0.15, 0.2) is 0 Å². The lowest BCUT2D eigenvalue weighted by atomic mass is 9.35. The van der Waals surface area contributed by atoms with Crippen LogP contribution < -0.4 is 0 Å². The Morgan fingerprint density at radius 3 is 2.12 bits per heavy atom. The summed E-state index contributed by atoms with van der Waals surface area (Å²) in [6.45, 7) is 14.4. The third kappa shape index (κ3) is 2.95. The number of aliphatic hydroxyl groups is 2. The second kappa shape index (κ2) is 7.06. The highest BCUT2D eigenvalue weighted by molar-refractivity contribution is 5.61. The molecule has 5 aliphatic rings. The van der Waals surface area contributed by atoms with E-state index in [1.807, 2.05) is 0 Å². The Morgan fingerprint density at radius 1 is 0.750 bits per heavy atom. The van der Waals surface area contributed by atoms with E-state index in [0.717, 1.165) is 51.4 Å². The fraction of sp³-hybridized carbons (Fsp3) is 0.966. The summed E-state index contributed by atoms with van der Waals surface area (Å²) < 4.78 is 0. The molecule has 0 heterocycles. The lowest BCUT2D eigenvalue weighted by Crippen LogP contribution is -2.66. The van der Waals surface area contributed by atoms with Crippen molar-refractivity contribution in [2.45, 2.75) is 118 Å². The summed E-state index contributed by atoms with van der Waals surface area (Å²) in [5.41, 5.74) is 0.447. The highest BCUT2D eigenvalue weighted by Crippen LogP contribution is 2.73. The van der Waals surface area contributed by atoms with E-state index in [-0.39, 0.29) is 45.2 Å². The van der Waals surface area contributed by atoms with E-state index in [0.29, 0.717) is 23.7 Å². The van der Waals surface area contributed by atoms with Crippen LogP contribution in [0.1, 0.15) is 106 Å². The zero-order valence-corrected chi connectivity index (χ0v) is 21.5. The minimum absolute atomic E-state index is 0.0528. The van der Waals surface area contributed by atoms with E-state index in [1.165, 1.54) is 19.1 Å². The summed E-state index contributed by atoms with van der Waals surface area (Å²) in [6.07, 6.45) is 11.5. The Bertz CT molecular complexity index is 772. The van der Waals surface area contributed by atoms with Gasteiger partial charge in [-0.2, -0.15) is 0 Å². The van der Waals surface area contributed by atoms with Gasteiger partial charge in [-0.25, -0.2) is 0 Å². The minimum Gasteiger partial charge on any atom is -0.393 e. The second-order valence-electron chi connectivity index (χ2n) is 14.9. The van der Waals surface area contributed by atoms with Crippen molar-refractivity contribution in [1.29, 1.82) is 0 Å². The Morgan fingerprint density at radius 2 is 1.44 bits per heavy atom. The number of fused-ring (bicyclic) bond motifs is 7. The van der Waals surface area contributed by atoms with Gasteiger partial charge < -0.3 is 15.0 Å². The van der Waals surface area contributed by atoms with Crippen LogP contribution in [0.2, 0.25) is 0 Å². The second-order valence-corrected chi connectivity index (χ2v) is 14.9. The Kier molecular flexibility index (Phi) is 5.15. The molecule has 0 saturated heterocycles. The van der Waals surface area contributed by atoms with Crippen LogP contribution in [0.4, 0.5) is 0 Å². The summed E-state index contributed by atoms with van der Waals surface area (Å²) >= 11 is 0. The SMILES string of the molecule is CC1(C)CC[C@]2(C=O)CCC3C(C2C1)[C@H](O)C[C@@H]1[C@@]2(C)CC[C@H](O)C(C)(C)[C@@H]2CC[C@@]31C. The Labute approximate surface area is 196 Å². The maximum absolute atomic E-state index is 12.5. The molecule has 0 bridgehead atoms. The van der Waals surface area contributed by atoms with Crippen molar-refractivity contribution in [2.24, 2.45) is 56.7 Å². The molecule has 0 radical (unpaired) electrons. The van der Waals surface area contributed by atoms with Crippen LogP contribution in [0.5, 0.6) is 0 Å². The fourth-order valence-electron chi connectivity index (χ4n) is 10.9. The monoisotopic (exact) mass is 444 g/mol. The van der Waals surface area contributed by atoms with Crippen LogP contribution in [-0.4, -0.2) is 28.7 Å². The first-order chi connectivity index (χ1) is 14.8. The highest BCUT2D eigenvalue weighted by atomic mass is 16.3. The lowest BCUT2D eigenvalue weighted by molar-refractivity contribution is -0.242. The molecule has 0 amide bonds. The lowest BCUT2D eigenvalue weighted by Gasteiger charge is -2.70. The van der Waals surface area contributed by atoms with Crippen LogP contribution in [0.3, 0.4) is 0 Å². The molecule has 0 spiro atoms. The molecule has 3 nitrogen and oxygen atoms in total. The van der Waals surface area contributed by atoms with Gasteiger partial charge in [0.1, 0.15) is 6.29 Å². The predicted molar refractivity (Wildman–Crippen MR) is 128 cm³/mol. The van der Waals surface area contributed by atoms with Gasteiger partial charge in [0.2, 0.25) is 0 Å². The average molecular weight is 445 g/mol. The van der Waals surface area contributed by atoms with Gasteiger partial charge in [0.25, 0.3) is 0 Å². The summed E-state index contributed by atoms with van der Waals surface area (Å²) in [5, 5.41) is 22.6. The third-order valence-electron chi connectivity index (χ3n) is 12.7. The average Bonchev–Trinajstić information content (AvgIpc) is 2.72. The molecular formula is C29H48O3. The van der Waals surface area contributed by atoms with E-state index in [9.17, 15) is 15.0 Å². The van der Waals surface area contributed by atoms with Crippen molar-refractivity contribution in [1.82, 2.24) is 0 Å². The molecule has 32 heavy (non-hydrogen) atoms. The van der Waals surface area contributed by atoms with Crippen molar-refractivity contribution in [2.75, 3.05) is 0 Å². The fourth-order valence-corrected chi connectivity index (χ4v) is 10.9. The van der Waals surface area contributed by atoms with Crippen molar-refractivity contribution in [3.05, 3.63) is 0 Å². The minimum atomic E-state index is -0.290. The third-order valence-corrected chi connectivity index (χ3v) is 12.7. The van der Waals surface area contributed by atoms with E-state index < -0.39 is 0 Å². The van der Waals surface area contributed by atoms with Gasteiger partial charge in [0.05, 0.1) is 12.2 Å². The van der Waals surface area contributed by atoms with Gasteiger partial charge in [0, 0.05) is 5.41 Å². The smallest absolute Gasteiger partial charge is 0.126 e. The maximum atomic E-state index is 12.5. The number of carbonyl (C=O) groups excluding carboxylic acids is 1. The summed E-state index contributed by atoms with van der Waals surface area (Å²) in [5.74, 6) is 2.17. The predicted octanol–water partition coefficient (Wildman–Crippen LogP) is 6.01. The largest absolute Gasteiger partial charge is 0.393 e. The molecule has 5 aliphatic carbocycles. The molecule has 5 fully saturated rings. The summed E-state index contributed by atoms with van der Waals surface area (Å²) in [7, 11) is 0. The first kappa shape index (κ1) is 23.3. The van der Waals surface area contributed by atoms with E-state index in [1.54, 1.807) is 0 Å². The molecule has 0 aliphatic heterocycles.